The van der Waals surface area contributed by atoms with Gasteiger partial charge in [-0.2, -0.15) is 0 Å². The zero-order chi connectivity index (χ0) is 34.5. The molecule has 9 nitrogen and oxygen atoms in total. The molecule has 0 amide bonds. The predicted molar refractivity (Wildman–Crippen MR) is 201 cm³/mol. The second-order valence-electron chi connectivity index (χ2n) is 16.3. The first-order valence-electron chi connectivity index (χ1n) is 18.3. The third-order valence-corrected chi connectivity index (χ3v) is 11.1. The van der Waals surface area contributed by atoms with Crippen LogP contribution in [0.25, 0.3) is 44.8 Å². The van der Waals surface area contributed by atoms with Crippen LogP contribution in [0.2, 0.25) is 0 Å². The van der Waals surface area contributed by atoms with Gasteiger partial charge in [-0.05, 0) is 110 Å². The van der Waals surface area contributed by atoms with Crippen LogP contribution in [0.3, 0.4) is 0 Å². The van der Waals surface area contributed by atoms with Gasteiger partial charge in [0.25, 0.3) is 0 Å². The number of likely N-dealkylation sites (tertiary alicyclic amines) is 2. The van der Waals surface area contributed by atoms with Crippen molar-refractivity contribution in [3.63, 3.8) is 0 Å². The number of carbonyl (C=O) groups is 1. The Balaban J connectivity index is 1.17. The van der Waals surface area contributed by atoms with E-state index in [-0.39, 0.29) is 22.9 Å². The summed E-state index contributed by atoms with van der Waals surface area (Å²) in [4.78, 5) is 36.7. The van der Waals surface area contributed by atoms with E-state index in [0.717, 1.165) is 83.9 Å². The molecule has 2 atom stereocenters. The van der Waals surface area contributed by atoms with Crippen LogP contribution < -0.4 is 0 Å². The summed E-state index contributed by atoms with van der Waals surface area (Å²) in [7, 11) is 0. The Morgan fingerprint density at radius 2 is 1.16 bits per heavy atom. The standard InChI is InChI=1S/C41H50N8O/c1-40(2)15-9-21-48(27-40)35(25-46-19-7-13-33(46)31-23-29-11-5-17-42-38(29)44-31)37(50)36(49-22-10-16-41(3,4)28-49)26-47-20-8-14-34(47)32-24-30-12-6-18-43-39(30)45-32/h5-8,11-14,17-20,23-24,35-36H,9-10,15-16,21-22,25-28H2,1-4H3,(H,42,44)(H,43,45). The van der Waals surface area contributed by atoms with Gasteiger partial charge in [0.05, 0.1) is 34.9 Å². The quantitative estimate of drug-likeness (QED) is 0.157. The van der Waals surface area contributed by atoms with Crippen molar-refractivity contribution in [1.29, 1.82) is 0 Å². The van der Waals surface area contributed by atoms with Crippen molar-refractivity contribution in [2.45, 2.75) is 78.6 Å². The van der Waals surface area contributed by atoms with E-state index in [2.05, 4.69) is 127 Å². The number of hydrogen-bond acceptors (Lipinski definition) is 5. The Labute approximate surface area is 294 Å². The number of rotatable bonds is 10. The maximum absolute atomic E-state index is 15.5. The normalized spacial score (nSPS) is 19.6. The van der Waals surface area contributed by atoms with Gasteiger partial charge >= 0.3 is 0 Å². The van der Waals surface area contributed by atoms with E-state index in [1.807, 2.05) is 24.5 Å². The average molecular weight is 671 g/mol. The Morgan fingerprint density at radius 1 is 0.700 bits per heavy atom. The number of pyridine rings is 2. The number of aromatic nitrogens is 6. The van der Waals surface area contributed by atoms with Gasteiger partial charge < -0.3 is 19.1 Å². The first-order valence-corrected chi connectivity index (χ1v) is 18.3. The number of H-pyrrole nitrogens is 2. The minimum atomic E-state index is -0.269. The van der Waals surface area contributed by atoms with E-state index in [1.165, 1.54) is 12.8 Å². The van der Waals surface area contributed by atoms with Gasteiger partial charge in [-0.3, -0.25) is 14.6 Å². The van der Waals surface area contributed by atoms with Crippen LogP contribution in [0.15, 0.2) is 85.5 Å². The fourth-order valence-electron chi connectivity index (χ4n) is 8.66. The highest BCUT2D eigenvalue weighted by atomic mass is 16.1. The summed E-state index contributed by atoms with van der Waals surface area (Å²) < 4.78 is 4.56. The Morgan fingerprint density at radius 3 is 1.58 bits per heavy atom. The summed E-state index contributed by atoms with van der Waals surface area (Å²) >= 11 is 0. The van der Waals surface area contributed by atoms with Gasteiger partial charge in [0.2, 0.25) is 0 Å². The molecule has 50 heavy (non-hydrogen) atoms. The van der Waals surface area contributed by atoms with Crippen LogP contribution >= 0.6 is 0 Å². The molecule has 0 aromatic carbocycles. The molecule has 0 bridgehead atoms. The number of carbonyl (C=O) groups excluding carboxylic acids is 1. The third-order valence-electron chi connectivity index (χ3n) is 11.1. The zero-order valence-electron chi connectivity index (χ0n) is 29.9. The highest BCUT2D eigenvalue weighted by molar-refractivity contribution is 5.89. The molecule has 2 N–H and O–H groups in total. The number of hydrogen-bond donors (Lipinski definition) is 2. The molecule has 0 aliphatic carbocycles. The number of ketones is 1. The van der Waals surface area contributed by atoms with Gasteiger partial charge in [0, 0.05) is 61.7 Å². The number of Topliss-reactive ketones (excluding diaryl/α,β-unsaturated/α-hetero) is 1. The van der Waals surface area contributed by atoms with E-state index in [4.69, 9.17) is 0 Å². The molecule has 0 radical (unpaired) electrons. The second-order valence-corrected chi connectivity index (χ2v) is 16.3. The SMILES string of the molecule is CC1(C)CCCN(C(Cn2cccc2-c2cc3cccnc3[nH]2)C(=O)C(Cn2cccc2-c2cc3cccnc3[nH]2)N2CCCC(C)(C)C2)C1. The Bertz CT molecular complexity index is 1900. The van der Waals surface area contributed by atoms with Crippen LogP contribution in [0.1, 0.15) is 53.4 Å². The lowest BCUT2D eigenvalue weighted by Crippen LogP contribution is -2.59. The molecule has 0 spiro atoms. The van der Waals surface area contributed by atoms with Crippen LogP contribution in [-0.4, -0.2) is 82.9 Å². The van der Waals surface area contributed by atoms with Crippen molar-refractivity contribution in [2.24, 2.45) is 10.8 Å². The van der Waals surface area contributed by atoms with E-state index in [1.54, 1.807) is 0 Å². The molecule has 9 heteroatoms. The molecule has 0 saturated carbocycles. The Kier molecular flexibility index (Phi) is 8.51. The number of aromatic amines is 2. The number of piperidine rings is 2. The summed E-state index contributed by atoms with van der Waals surface area (Å²) in [6.45, 7) is 14.3. The summed E-state index contributed by atoms with van der Waals surface area (Å²) in [5, 5.41) is 2.17. The third kappa shape index (κ3) is 6.56. The van der Waals surface area contributed by atoms with E-state index in [0.29, 0.717) is 18.9 Å². The maximum atomic E-state index is 15.5. The van der Waals surface area contributed by atoms with Crippen LogP contribution in [0.5, 0.6) is 0 Å². The number of fused-ring (bicyclic) bond motifs is 2. The largest absolute Gasteiger partial charge is 0.344 e. The first kappa shape index (κ1) is 32.7. The molecule has 6 aromatic heterocycles. The minimum absolute atomic E-state index is 0.152. The summed E-state index contributed by atoms with van der Waals surface area (Å²) in [6.07, 6.45) is 12.5. The number of nitrogens with zero attached hydrogens (tertiary/aromatic N) is 6. The predicted octanol–water partition coefficient (Wildman–Crippen LogP) is 7.63. The summed E-state index contributed by atoms with van der Waals surface area (Å²) in [6, 6.07) is 20.4. The smallest absolute Gasteiger partial charge is 0.170 e. The first-order chi connectivity index (χ1) is 24.1. The number of nitrogens with one attached hydrogen (secondary N) is 2. The topological polar surface area (TPSA) is 90.8 Å². The molecule has 2 aliphatic rings. The molecule has 6 aromatic rings. The van der Waals surface area contributed by atoms with E-state index < -0.39 is 0 Å². The van der Waals surface area contributed by atoms with Crippen LogP contribution in [0.4, 0.5) is 0 Å². The lowest BCUT2D eigenvalue weighted by Gasteiger charge is -2.46. The molecular formula is C41H50N8O. The van der Waals surface area contributed by atoms with Gasteiger partial charge in [0.15, 0.2) is 5.78 Å². The fourth-order valence-corrected chi connectivity index (χ4v) is 8.66. The second kappa shape index (κ2) is 13.0. The van der Waals surface area contributed by atoms with Crippen molar-refractivity contribution in [3.05, 3.63) is 85.5 Å². The highest BCUT2D eigenvalue weighted by Crippen LogP contribution is 2.34. The van der Waals surface area contributed by atoms with Crippen molar-refractivity contribution in [2.75, 3.05) is 26.2 Å². The molecule has 2 saturated heterocycles. The molecule has 260 valence electrons. The monoisotopic (exact) mass is 670 g/mol. The minimum Gasteiger partial charge on any atom is -0.344 e. The van der Waals surface area contributed by atoms with Crippen molar-refractivity contribution in [3.8, 4) is 22.8 Å². The van der Waals surface area contributed by atoms with Crippen molar-refractivity contribution in [1.82, 2.24) is 38.9 Å². The van der Waals surface area contributed by atoms with Crippen LogP contribution in [-0.2, 0) is 17.9 Å². The molecule has 8 heterocycles. The van der Waals surface area contributed by atoms with Crippen LogP contribution in [0, 0.1) is 10.8 Å². The molecule has 2 unspecified atom stereocenters. The van der Waals surface area contributed by atoms with E-state index in [9.17, 15) is 0 Å². The van der Waals surface area contributed by atoms with Gasteiger partial charge in [-0.15, -0.1) is 0 Å². The molecule has 2 aliphatic heterocycles. The van der Waals surface area contributed by atoms with Crippen molar-refractivity contribution < 1.29 is 4.79 Å². The molecule has 2 fully saturated rings. The van der Waals surface area contributed by atoms with Gasteiger partial charge in [0.1, 0.15) is 11.3 Å². The molecule has 8 rings (SSSR count). The van der Waals surface area contributed by atoms with Gasteiger partial charge in [-0.1, -0.05) is 27.7 Å². The zero-order valence-corrected chi connectivity index (χ0v) is 29.9. The molecular weight excluding hydrogens is 621 g/mol. The lowest BCUT2D eigenvalue weighted by atomic mass is 9.81. The highest BCUT2D eigenvalue weighted by Gasteiger charge is 2.41. The summed E-state index contributed by atoms with van der Waals surface area (Å²) in [5.41, 5.74) is 6.25. The van der Waals surface area contributed by atoms with Gasteiger partial charge in [-0.25, -0.2) is 9.97 Å². The fraction of sp³-hybridized carbons (Fsp3) is 0.439. The Hall–Kier alpha value is -4.47. The summed E-state index contributed by atoms with van der Waals surface area (Å²) in [5.74, 6) is 0.316. The average Bonchev–Trinajstić information content (AvgIpc) is 3.90. The van der Waals surface area contributed by atoms with E-state index >= 15 is 4.79 Å². The van der Waals surface area contributed by atoms with Crippen molar-refractivity contribution >= 4 is 27.9 Å². The lowest BCUT2D eigenvalue weighted by molar-refractivity contribution is -0.133. The maximum Gasteiger partial charge on any atom is 0.170 e.